The Morgan fingerprint density at radius 2 is 1.77 bits per heavy atom. The third kappa shape index (κ3) is 8.58. The van der Waals surface area contributed by atoms with Gasteiger partial charge in [-0.1, -0.05) is 80.4 Å². The van der Waals surface area contributed by atoms with Crippen molar-refractivity contribution in [1.82, 2.24) is 10.2 Å². The molecule has 2 aromatic carbocycles. The number of unbranched alkanes of at least 4 members (excludes halogenated alkanes) is 1. The number of carbonyl (C=O) groups is 2. The van der Waals surface area contributed by atoms with Crippen LogP contribution in [0.3, 0.4) is 0 Å². The zero-order valence-electron chi connectivity index (χ0n) is 18.5. The molecule has 2 rings (SSSR count). The Morgan fingerprint density at radius 1 is 1.06 bits per heavy atom. The zero-order chi connectivity index (χ0) is 22.5. The van der Waals surface area contributed by atoms with Crippen molar-refractivity contribution in [2.45, 2.75) is 57.9 Å². The molecule has 0 radical (unpaired) electrons. The highest BCUT2D eigenvalue weighted by Crippen LogP contribution is 2.21. The lowest BCUT2D eigenvalue weighted by Gasteiger charge is -2.31. The summed E-state index contributed by atoms with van der Waals surface area (Å²) in [7, 11) is 0. The first-order chi connectivity index (χ1) is 15.1. The summed E-state index contributed by atoms with van der Waals surface area (Å²) < 4.78 is 0. The molecule has 1 atom stereocenters. The van der Waals surface area contributed by atoms with Crippen LogP contribution in [0, 0.1) is 0 Å². The second-order valence-corrected chi connectivity index (χ2v) is 8.98. The zero-order valence-corrected chi connectivity index (χ0v) is 20.1. The molecular weight excluding hydrogens is 428 g/mol. The lowest BCUT2D eigenvalue weighted by Crippen LogP contribution is -2.49. The number of nitrogens with one attached hydrogen (secondary N) is 1. The Bertz CT molecular complexity index is 816. The SMILES string of the molecule is CCCCNC(=O)C(CC)N(Cc1ccccc1Cl)C(=O)CCSCc1ccccc1. The molecule has 0 aliphatic rings. The predicted octanol–water partition coefficient (Wildman–Crippen LogP) is 5.69. The van der Waals surface area contributed by atoms with Crippen LogP contribution in [0.15, 0.2) is 54.6 Å². The highest BCUT2D eigenvalue weighted by atomic mass is 35.5. The molecule has 2 amide bonds. The Labute approximate surface area is 195 Å². The smallest absolute Gasteiger partial charge is 0.242 e. The maximum Gasteiger partial charge on any atom is 0.242 e. The first-order valence-corrected chi connectivity index (χ1v) is 12.5. The van der Waals surface area contributed by atoms with Crippen LogP contribution in [0.4, 0.5) is 0 Å². The summed E-state index contributed by atoms with van der Waals surface area (Å²) in [5, 5.41) is 3.60. The van der Waals surface area contributed by atoms with Crippen molar-refractivity contribution in [1.29, 1.82) is 0 Å². The van der Waals surface area contributed by atoms with Gasteiger partial charge in [-0.05, 0) is 30.0 Å². The maximum atomic E-state index is 13.2. The Kier molecular flexibility index (Phi) is 11.5. The van der Waals surface area contributed by atoms with Gasteiger partial charge in [0.05, 0.1) is 0 Å². The lowest BCUT2D eigenvalue weighted by molar-refractivity contribution is -0.141. The van der Waals surface area contributed by atoms with Gasteiger partial charge in [0.25, 0.3) is 0 Å². The summed E-state index contributed by atoms with van der Waals surface area (Å²) in [4.78, 5) is 27.7. The van der Waals surface area contributed by atoms with Crippen LogP contribution in [-0.4, -0.2) is 35.1 Å². The molecule has 0 spiro atoms. The Hall–Kier alpha value is -1.98. The number of carbonyl (C=O) groups excluding carboxylic acids is 2. The van der Waals surface area contributed by atoms with Gasteiger partial charge in [-0.15, -0.1) is 0 Å². The highest BCUT2D eigenvalue weighted by Gasteiger charge is 2.28. The van der Waals surface area contributed by atoms with Crippen molar-refractivity contribution in [3.8, 4) is 0 Å². The van der Waals surface area contributed by atoms with E-state index in [-0.39, 0.29) is 11.8 Å². The van der Waals surface area contributed by atoms with Crippen molar-refractivity contribution in [2.75, 3.05) is 12.3 Å². The first kappa shape index (κ1) is 25.3. The van der Waals surface area contributed by atoms with E-state index < -0.39 is 6.04 Å². The molecule has 168 valence electrons. The molecule has 4 nitrogen and oxygen atoms in total. The largest absolute Gasteiger partial charge is 0.354 e. The molecule has 0 fully saturated rings. The number of thioether (sulfide) groups is 1. The van der Waals surface area contributed by atoms with Gasteiger partial charge in [0.2, 0.25) is 11.8 Å². The third-order valence-electron chi connectivity index (χ3n) is 5.09. The molecule has 0 saturated carbocycles. The van der Waals surface area contributed by atoms with Crippen LogP contribution in [0.1, 0.15) is 50.7 Å². The molecular formula is C25H33ClN2O2S. The van der Waals surface area contributed by atoms with Crippen LogP contribution in [0.5, 0.6) is 0 Å². The topological polar surface area (TPSA) is 49.4 Å². The minimum absolute atomic E-state index is 0.0158. The summed E-state index contributed by atoms with van der Waals surface area (Å²) in [5.41, 5.74) is 2.10. The van der Waals surface area contributed by atoms with E-state index in [2.05, 4.69) is 24.4 Å². The number of nitrogens with zero attached hydrogens (tertiary/aromatic N) is 1. The fourth-order valence-corrected chi connectivity index (χ4v) is 4.39. The monoisotopic (exact) mass is 460 g/mol. The Morgan fingerprint density at radius 3 is 2.45 bits per heavy atom. The van der Waals surface area contributed by atoms with Crippen molar-refractivity contribution >= 4 is 35.2 Å². The standard InChI is InChI=1S/C25H33ClN2O2S/c1-3-5-16-27-25(30)23(4-2)28(18-21-13-9-10-14-22(21)26)24(29)15-17-31-19-20-11-7-6-8-12-20/h6-14,23H,3-5,15-19H2,1-2H3,(H,27,30). The molecule has 31 heavy (non-hydrogen) atoms. The third-order valence-corrected chi connectivity index (χ3v) is 6.48. The van der Waals surface area contributed by atoms with Crippen molar-refractivity contribution in [3.63, 3.8) is 0 Å². The fraction of sp³-hybridized carbons (Fsp3) is 0.440. The van der Waals surface area contributed by atoms with Crippen LogP contribution in [-0.2, 0) is 21.9 Å². The summed E-state index contributed by atoms with van der Waals surface area (Å²) >= 11 is 8.09. The van der Waals surface area contributed by atoms with Gasteiger partial charge >= 0.3 is 0 Å². The average Bonchev–Trinajstić information content (AvgIpc) is 2.78. The number of hydrogen-bond donors (Lipinski definition) is 1. The molecule has 0 aliphatic carbocycles. The maximum absolute atomic E-state index is 13.2. The van der Waals surface area contributed by atoms with Gasteiger partial charge < -0.3 is 10.2 Å². The molecule has 0 aliphatic heterocycles. The van der Waals surface area contributed by atoms with Crippen LogP contribution >= 0.6 is 23.4 Å². The quantitative estimate of drug-likeness (QED) is 0.391. The molecule has 1 N–H and O–H groups in total. The van der Waals surface area contributed by atoms with Gasteiger partial charge in [-0.25, -0.2) is 0 Å². The molecule has 0 heterocycles. The van der Waals surface area contributed by atoms with Crippen LogP contribution in [0.2, 0.25) is 5.02 Å². The van der Waals surface area contributed by atoms with E-state index in [1.54, 1.807) is 16.7 Å². The number of benzene rings is 2. The average molecular weight is 461 g/mol. The summed E-state index contributed by atoms with van der Waals surface area (Å²) in [6, 6.07) is 17.2. The molecule has 0 saturated heterocycles. The normalized spacial score (nSPS) is 11.7. The second kappa shape index (κ2) is 14.2. The van der Waals surface area contributed by atoms with Crippen molar-refractivity contribution < 1.29 is 9.59 Å². The van der Waals surface area contributed by atoms with Gasteiger partial charge in [-0.3, -0.25) is 9.59 Å². The summed E-state index contributed by atoms with van der Waals surface area (Å²) in [6.07, 6.45) is 2.89. The highest BCUT2D eigenvalue weighted by molar-refractivity contribution is 7.98. The van der Waals surface area contributed by atoms with E-state index >= 15 is 0 Å². The first-order valence-electron chi connectivity index (χ1n) is 11.0. The van der Waals surface area contributed by atoms with E-state index in [1.807, 2.05) is 49.4 Å². The second-order valence-electron chi connectivity index (χ2n) is 7.47. The number of hydrogen-bond acceptors (Lipinski definition) is 3. The van der Waals surface area contributed by atoms with Crippen molar-refractivity contribution in [3.05, 3.63) is 70.7 Å². The van der Waals surface area contributed by atoms with Crippen LogP contribution in [0.25, 0.3) is 0 Å². The minimum Gasteiger partial charge on any atom is -0.354 e. The fourth-order valence-electron chi connectivity index (χ4n) is 3.30. The predicted molar refractivity (Wildman–Crippen MR) is 131 cm³/mol. The van der Waals surface area contributed by atoms with E-state index in [0.29, 0.717) is 36.7 Å². The van der Waals surface area contributed by atoms with Gasteiger partial charge in [0.15, 0.2) is 0 Å². The molecule has 2 aromatic rings. The lowest BCUT2D eigenvalue weighted by atomic mass is 10.1. The molecule has 6 heteroatoms. The van der Waals surface area contributed by atoms with Gasteiger partial charge in [0.1, 0.15) is 6.04 Å². The van der Waals surface area contributed by atoms with E-state index in [4.69, 9.17) is 11.6 Å². The van der Waals surface area contributed by atoms with E-state index in [9.17, 15) is 9.59 Å². The number of rotatable bonds is 13. The molecule has 0 bridgehead atoms. The van der Waals surface area contributed by atoms with Gasteiger partial charge in [0, 0.05) is 36.0 Å². The minimum atomic E-state index is -0.500. The van der Waals surface area contributed by atoms with E-state index in [1.165, 1.54) is 5.56 Å². The summed E-state index contributed by atoms with van der Waals surface area (Å²) in [5.74, 6) is 1.47. The van der Waals surface area contributed by atoms with Gasteiger partial charge in [-0.2, -0.15) is 11.8 Å². The number of amides is 2. The molecule has 0 aromatic heterocycles. The Balaban J connectivity index is 2.05. The van der Waals surface area contributed by atoms with E-state index in [0.717, 1.165) is 24.2 Å². The van der Waals surface area contributed by atoms with Crippen LogP contribution < -0.4 is 5.32 Å². The van der Waals surface area contributed by atoms with Crippen molar-refractivity contribution in [2.24, 2.45) is 0 Å². The molecule has 1 unspecified atom stereocenters. The number of halogens is 1. The summed E-state index contributed by atoms with van der Waals surface area (Å²) in [6.45, 7) is 5.00.